The molecule has 0 aromatic heterocycles. The fourth-order valence-electron chi connectivity index (χ4n) is 3.52. The van der Waals surface area contributed by atoms with E-state index < -0.39 is 16.1 Å². The molecule has 0 radical (unpaired) electrons. The van der Waals surface area contributed by atoms with Crippen molar-refractivity contribution in [3.63, 3.8) is 0 Å². The fraction of sp³-hybridized carbons (Fsp3) is 0.409. The Kier molecular flexibility index (Phi) is 6.88. The van der Waals surface area contributed by atoms with E-state index in [-0.39, 0.29) is 11.9 Å². The number of carbonyl (C=O) groups excluding carboxylic acids is 1. The molecule has 0 fully saturated rings. The number of aryl methyl sites for hydroxylation is 3. The maximum Gasteiger partial charge on any atom is 0.244 e. The van der Waals surface area contributed by atoms with Crippen LogP contribution in [0.3, 0.4) is 0 Å². The van der Waals surface area contributed by atoms with Crippen molar-refractivity contribution in [3.05, 3.63) is 64.7 Å². The van der Waals surface area contributed by atoms with Crippen LogP contribution < -0.4 is 9.62 Å². The first kappa shape index (κ1) is 22.0. The third-order valence-electron chi connectivity index (χ3n) is 4.84. The zero-order chi connectivity index (χ0) is 21.1. The lowest BCUT2D eigenvalue weighted by Crippen LogP contribution is -2.49. The number of sulfonamides is 1. The van der Waals surface area contributed by atoms with Gasteiger partial charge in [0.15, 0.2) is 0 Å². The van der Waals surface area contributed by atoms with Crippen LogP contribution in [0.1, 0.15) is 48.6 Å². The van der Waals surface area contributed by atoms with Crippen LogP contribution in [0, 0.1) is 20.8 Å². The highest BCUT2D eigenvalue weighted by Gasteiger charge is 2.32. The van der Waals surface area contributed by atoms with Crippen LogP contribution in [0.25, 0.3) is 0 Å². The highest BCUT2D eigenvalue weighted by Crippen LogP contribution is 2.25. The minimum atomic E-state index is -3.63. The predicted molar refractivity (Wildman–Crippen MR) is 115 cm³/mol. The summed E-state index contributed by atoms with van der Waals surface area (Å²) in [5, 5.41) is 3.00. The highest BCUT2D eigenvalue weighted by molar-refractivity contribution is 7.92. The largest absolute Gasteiger partial charge is 0.348 e. The standard InChI is InChI=1S/C22H30N2O3S/c1-7-21(24(28(6,26)27)19-10-8-9-15(2)14-19)22(25)23-18(5)20-12-11-16(3)13-17(20)4/h8-14,18,21H,7H2,1-6H3,(H,23,25)/t18-,21-/m0/s1. The van der Waals surface area contributed by atoms with Crippen molar-refractivity contribution in [1.29, 1.82) is 0 Å². The molecule has 0 saturated carbocycles. The van der Waals surface area contributed by atoms with Gasteiger partial charge in [0, 0.05) is 0 Å². The van der Waals surface area contributed by atoms with E-state index in [1.165, 1.54) is 4.31 Å². The molecule has 0 saturated heterocycles. The maximum absolute atomic E-state index is 13.1. The van der Waals surface area contributed by atoms with Crippen LogP contribution >= 0.6 is 0 Å². The molecule has 6 heteroatoms. The van der Waals surface area contributed by atoms with Gasteiger partial charge in [-0.2, -0.15) is 0 Å². The smallest absolute Gasteiger partial charge is 0.244 e. The molecule has 0 heterocycles. The summed E-state index contributed by atoms with van der Waals surface area (Å²) >= 11 is 0. The number of nitrogens with one attached hydrogen (secondary N) is 1. The van der Waals surface area contributed by atoms with Gasteiger partial charge in [-0.1, -0.05) is 42.8 Å². The lowest BCUT2D eigenvalue weighted by molar-refractivity contribution is -0.122. The molecule has 28 heavy (non-hydrogen) atoms. The molecular weight excluding hydrogens is 372 g/mol. The molecule has 152 valence electrons. The maximum atomic E-state index is 13.1. The molecule has 0 spiro atoms. The summed E-state index contributed by atoms with van der Waals surface area (Å²) in [4.78, 5) is 13.1. The molecule has 5 nitrogen and oxygen atoms in total. The van der Waals surface area contributed by atoms with E-state index in [4.69, 9.17) is 0 Å². The number of rotatable bonds is 7. The molecule has 0 unspecified atom stereocenters. The molecule has 0 aliphatic rings. The SMILES string of the molecule is CC[C@@H](C(=O)N[C@@H](C)c1ccc(C)cc1C)N(c1cccc(C)c1)S(C)(=O)=O. The topological polar surface area (TPSA) is 66.5 Å². The number of anilines is 1. The van der Waals surface area contributed by atoms with Crippen molar-refractivity contribution in [2.45, 2.75) is 53.1 Å². The van der Waals surface area contributed by atoms with Gasteiger partial charge in [0.05, 0.1) is 18.0 Å². The lowest BCUT2D eigenvalue weighted by Gasteiger charge is -2.31. The van der Waals surface area contributed by atoms with Gasteiger partial charge in [0.1, 0.15) is 6.04 Å². The second kappa shape index (κ2) is 8.78. The van der Waals surface area contributed by atoms with Gasteiger partial charge in [-0.3, -0.25) is 9.10 Å². The summed E-state index contributed by atoms with van der Waals surface area (Å²) in [5.74, 6) is -0.304. The van der Waals surface area contributed by atoms with Gasteiger partial charge >= 0.3 is 0 Å². The van der Waals surface area contributed by atoms with Crippen molar-refractivity contribution < 1.29 is 13.2 Å². The Bertz CT molecular complexity index is 954. The number of benzene rings is 2. The quantitative estimate of drug-likeness (QED) is 0.760. The molecular formula is C22H30N2O3S. The van der Waals surface area contributed by atoms with Gasteiger partial charge in [0.2, 0.25) is 15.9 Å². The second-order valence-corrected chi connectivity index (χ2v) is 9.27. The first-order chi connectivity index (χ1) is 13.0. The Labute approximate surface area is 168 Å². The summed E-state index contributed by atoms with van der Waals surface area (Å²) in [5.41, 5.74) is 4.72. The van der Waals surface area contributed by atoms with Crippen LogP contribution in [0.5, 0.6) is 0 Å². The van der Waals surface area contributed by atoms with Gasteiger partial charge in [-0.15, -0.1) is 0 Å². The molecule has 2 aromatic rings. The third-order valence-corrected chi connectivity index (χ3v) is 6.02. The Morgan fingerprint density at radius 1 is 1.07 bits per heavy atom. The molecule has 2 rings (SSSR count). The van der Waals surface area contributed by atoms with E-state index in [1.807, 2.05) is 52.8 Å². The van der Waals surface area contributed by atoms with E-state index in [0.29, 0.717) is 12.1 Å². The number of hydrogen-bond acceptors (Lipinski definition) is 3. The van der Waals surface area contributed by atoms with Gasteiger partial charge in [-0.05, 0) is 62.9 Å². The van der Waals surface area contributed by atoms with E-state index in [0.717, 1.165) is 28.5 Å². The average Bonchev–Trinajstić information content (AvgIpc) is 2.57. The van der Waals surface area contributed by atoms with Crippen molar-refractivity contribution in [1.82, 2.24) is 5.32 Å². The van der Waals surface area contributed by atoms with Crippen LogP contribution in [-0.4, -0.2) is 26.6 Å². The minimum Gasteiger partial charge on any atom is -0.348 e. The highest BCUT2D eigenvalue weighted by atomic mass is 32.2. The van der Waals surface area contributed by atoms with Crippen molar-refractivity contribution in [3.8, 4) is 0 Å². The van der Waals surface area contributed by atoms with E-state index >= 15 is 0 Å². The van der Waals surface area contributed by atoms with E-state index in [9.17, 15) is 13.2 Å². The summed E-state index contributed by atoms with van der Waals surface area (Å²) in [6.45, 7) is 9.67. The Balaban J connectivity index is 2.33. The van der Waals surface area contributed by atoms with Crippen molar-refractivity contribution in [2.24, 2.45) is 0 Å². The van der Waals surface area contributed by atoms with E-state index in [1.54, 1.807) is 18.2 Å². The van der Waals surface area contributed by atoms with Gasteiger partial charge in [-0.25, -0.2) is 8.42 Å². The van der Waals surface area contributed by atoms with Crippen LogP contribution in [0.4, 0.5) is 5.69 Å². The Morgan fingerprint density at radius 2 is 1.71 bits per heavy atom. The number of hydrogen-bond donors (Lipinski definition) is 1. The normalized spacial score (nSPS) is 13.6. The molecule has 2 aromatic carbocycles. The van der Waals surface area contributed by atoms with E-state index in [2.05, 4.69) is 11.4 Å². The average molecular weight is 403 g/mol. The van der Waals surface area contributed by atoms with Crippen LogP contribution in [0.2, 0.25) is 0 Å². The number of carbonyl (C=O) groups is 1. The summed E-state index contributed by atoms with van der Waals surface area (Å²) in [6, 6.07) is 12.3. The minimum absolute atomic E-state index is 0.221. The molecule has 0 bridgehead atoms. The zero-order valence-corrected chi connectivity index (χ0v) is 18.3. The first-order valence-electron chi connectivity index (χ1n) is 9.48. The van der Waals surface area contributed by atoms with Crippen molar-refractivity contribution in [2.75, 3.05) is 10.6 Å². The molecule has 0 aliphatic heterocycles. The second-order valence-electron chi connectivity index (χ2n) is 7.41. The molecule has 1 amide bonds. The fourth-order valence-corrected chi connectivity index (χ4v) is 4.73. The number of amides is 1. The predicted octanol–water partition coefficient (Wildman–Crippen LogP) is 4.03. The van der Waals surface area contributed by atoms with Crippen LogP contribution in [-0.2, 0) is 14.8 Å². The molecule has 2 atom stereocenters. The summed E-state index contributed by atoms with van der Waals surface area (Å²) in [7, 11) is -3.63. The Morgan fingerprint density at radius 3 is 2.25 bits per heavy atom. The Hall–Kier alpha value is -2.34. The van der Waals surface area contributed by atoms with Crippen LogP contribution in [0.15, 0.2) is 42.5 Å². The number of nitrogens with zero attached hydrogens (tertiary/aromatic N) is 1. The molecule has 1 N–H and O–H groups in total. The van der Waals surface area contributed by atoms with Gasteiger partial charge in [0.25, 0.3) is 0 Å². The van der Waals surface area contributed by atoms with Crippen molar-refractivity contribution >= 4 is 21.6 Å². The summed E-state index contributed by atoms with van der Waals surface area (Å²) < 4.78 is 26.3. The monoisotopic (exact) mass is 402 g/mol. The lowest BCUT2D eigenvalue weighted by atomic mass is 10.00. The van der Waals surface area contributed by atoms with Gasteiger partial charge < -0.3 is 5.32 Å². The molecule has 0 aliphatic carbocycles. The summed E-state index contributed by atoms with van der Waals surface area (Å²) in [6.07, 6.45) is 1.51. The zero-order valence-electron chi connectivity index (χ0n) is 17.5. The third kappa shape index (κ3) is 5.13. The first-order valence-corrected chi connectivity index (χ1v) is 11.3.